The zero-order valence-corrected chi connectivity index (χ0v) is 10.8. The van der Waals surface area contributed by atoms with Crippen molar-refractivity contribution in [2.75, 3.05) is 13.4 Å². The second-order valence-electron chi connectivity index (χ2n) is 4.10. The molecule has 1 aromatic rings. The van der Waals surface area contributed by atoms with E-state index in [9.17, 15) is 8.78 Å². The van der Waals surface area contributed by atoms with Crippen molar-refractivity contribution in [2.24, 2.45) is 5.92 Å². The molecule has 0 aromatic heterocycles. The molecule has 1 aliphatic rings. The first-order valence-electron chi connectivity index (χ1n) is 5.45. The van der Waals surface area contributed by atoms with Crippen LogP contribution in [0.3, 0.4) is 0 Å². The van der Waals surface area contributed by atoms with Gasteiger partial charge in [0, 0.05) is 5.33 Å². The highest BCUT2D eigenvalue weighted by Gasteiger charge is 2.21. The second kappa shape index (κ2) is 5.78. The Morgan fingerprint density at radius 2 is 1.88 bits per heavy atom. The minimum absolute atomic E-state index is 0.113. The molecule has 1 aliphatic carbocycles. The summed E-state index contributed by atoms with van der Waals surface area (Å²) in [5.74, 6) is -1.17. The van der Waals surface area contributed by atoms with E-state index in [1.54, 1.807) is 0 Å². The summed E-state index contributed by atoms with van der Waals surface area (Å²) < 4.78 is 37.0. The lowest BCUT2D eigenvalue weighted by atomic mass is 10.2. The smallest absolute Gasteiger partial charge is 0.193 e. The Hall–Kier alpha value is -0.680. The molecule has 0 bridgehead atoms. The molecule has 5 heteroatoms. The highest BCUT2D eigenvalue weighted by Crippen LogP contribution is 2.29. The Bertz CT molecular complexity index is 371. The first-order chi connectivity index (χ1) is 8.20. The number of rotatable bonds is 6. The molecule has 17 heavy (non-hydrogen) atoms. The summed E-state index contributed by atoms with van der Waals surface area (Å²) in [6.07, 6.45) is 2.34. The molecule has 94 valence electrons. The number of benzene rings is 1. The van der Waals surface area contributed by atoms with Crippen LogP contribution in [0.15, 0.2) is 12.1 Å². The van der Waals surface area contributed by atoms with Crippen molar-refractivity contribution < 1.29 is 18.3 Å². The van der Waals surface area contributed by atoms with E-state index in [-0.39, 0.29) is 12.5 Å². The molecule has 0 saturated heterocycles. The Balaban J connectivity index is 1.89. The average molecular weight is 307 g/mol. The van der Waals surface area contributed by atoms with Crippen molar-refractivity contribution in [2.45, 2.75) is 18.2 Å². The van der Waals surface area contributed by atoms with Crippen LogP contribution < -0.4 is 4.74 Å². The van der Waals surface area contributed by atoms with E-state index in [1.807, 2.05) is 0 Å². The minimum Gasteiger partial charge on any atom is -0.461 e. The molecule has 2 rings (SSSR count). The second-order valence-corrected chi connectivity index (χ2v) is 4.66. The predicted octanol–water partition coefficient (Wildman–Crippen LogP) is 3.62. The molecule has 0 heterocycles. The Labute approximate surface area is 107 Å². The topological polar surface area (TPSA) is 18.5 Å². The number of alkyl halides is 1. The van der Waals surface area contributed by atoms with E-state index in [0.29, 0.717) is 23.4 Å². The van der Waals surface area contributed by atoms with Gasteiger partial charge in [0.05, 0.1) is 6.61 Å². The van der Waals surface area contributed by atoms with Gasteiger partial charge in [-0.05, 0) is 36.5 Å². The van der Waals surface area contributed by atoms with Gasteiger partial charge in [0.1, 0.15) is 0 Å². The van der Waals surface area contributed by atoms with E-state index < -0.39 is 11.6 Å². The fourth-order valence-electron chi connectivity index (χ4n) is 1.43. The van der Waals surface area contributed by atoms with Gasteiger partial charge in [-0.1, -0.05) is 15.9 Å². The Morgan fingerprint density at radius 1 is 1.24 bits per heavy atom. The van der Waals surface area contributed by atoms with Gasteiger partial charge in [-0.3, -0.25) is 0 Å². The van der Waals surface area contributed by atoms with Gasteiger partial charge in [0.2, 0.25) is 0 Å². The largest absolute Gasteiger partial charge is 0.461 e. The van der Waals surface area contributed by atoms with Crippen molar-refractivity contribution in [3.63, 3.8) is 0 Å². The lowest BCUT2D eigenvalue weighted by Crippen LogP contribution is -2.07. The van der Waals surface area contributed by atoms with Crippen LogP contribution >= 0.6 is 15.9 Å². The quantitative estimate of drug-likeness (QED) is 0.454. The summed E-state index contributed by atoms with van der Waals surface area (Å²) in [7, 11) is 0. The minimum atomic E-state index is -0.700. The summed E-state index contributed by atoms with van der Waals surface area (Å²) >= 11 is 3.14. The van der Waals surface area contributed by atoms with Crippen molar-refractivity contribution in [3.8, 4) is 5.75 Å². The fraction of sp³-hybridized carbons (Fsp3) is 0.500. The average Bonchev–Trinajstić information content (AvgIpc) is 3.10. The molecule has 0 atom stereocenters. The van der Waals surface area contributed by atoms with Crippen LogP contribution in [0.25, 0.3) is 0 Å². The summed E-state index contributed by atoms with van der Waals surface area (Å²) in [5.41, 5.74) is 0.534. The van der Waals surface area contributed by atoms with Crippen LogP contribution in [0.5, 0.6) is 5.75 Å². The Morgan fingerprint density at radius 3 is 2.41 bits per heavy atom. The van der Waals surface area contributed by atoms with Gasteiger partial charge in [-0.25, -0.2) is 8.78 Å². The summed E-state index contributed by atoms with van der Waals surface area (Å²) in [6.45, 7) is 0.487. The molecular weight excluding hydrogens is 294 g/mol. The van der Waals surface area contributed by atoms with Gasteiger partial charge in [-0.2, -0.15) is 0 Å². The maximum Gasteiger partial charge on any atom is 0.193 e. The summed E-state index contributed by atoms with van der Waals surface area (Å²) in [4.78, 5) is 0. The third kappa shape index (κ3) is 3.64. The number of halogens is 3. The molecule has 0 amide bonds. The summed E-state index contributed by atoms with van der Waals surface area (Å²) in [6, 6.07) is 2.49. The third-order valence-corrected chi connectivity index (χ3v) is 3.20. The Kier molecular flexibility index (Phi) is 4.34. The van der Waals surface area contributed by atoms with E-state index in [0.717, 1.165) is 0 Å². The van der Waals surface area contributed by atoms with Crippen LogP contribution in [-0.4, -0.2) is 13.4 Å². The van der Waals surface area contributed by atoms with E-state index in [2.05, 4.69) is 15.9 Å². The van der Waals surface area contributed by atoms with Crippen LogP contribution in [0.4, 0.5) is 8.78 Å². The van der Waals surface area contributed by atoms with Crippen molar-refractivity contribution in [3.05, 3.63) is 29.3 Å². The molecular formula is C12H13BrF2O2. The standard InChI is InChI=1S/C12H13BrF2O2/c13-5-9-3-10(14)12(11(15)4-9)17-7-16-6-8-1-2-8/h3-4,8H,1-2,5-7H2. The van der Waals surface area contributed by atoms with Crippen LogP contribution in [0.2, 0.25) is 0 Å². The zero-order valence-electron chi connectivity index (χ0n) is 9.22. The van der Waals surface area contributed by atoms with Gasteiger partial charge in [0.25, 0.3) is 0 Å². The molecule has 2 nitrogen and oxygen atoms in total. The zero-order chi connectivity index (χ0) is 12.3. The maximum absolute atomic E-state index is 13.5. The van der Waals surface area contributed by atoms with Crippen LogP contribution in [-0.2, 0) is 10.1 Å². The molecule has 1 saturated carbocycles. The predicted molar refractivity (Wildman–Crippen MR) is 63.2 cm³/mol. The normalized spacial score (nSPS) is 15.0. The number of hydrogen-bond donors (Lipinski definition) is 0. The van der Waals surface area contributed by atoms with Gasteiger partial charge >= 0.3 is 0 Å². The molecule has 0 radical (unpaired) electrons. The molecule has 0 spiro atoms. The SMILES string of the molecule is Fc1cc(CBr)cc(F)c1OCOCC1CC1. The summed E-state index contributed by atoms with van der Waals surface area (Å²) in [5, 5.41) is 0.402. The van der Waals surface area contributed by atoms with E-state index in [4.69, 9.17) is 9.47 Å². The first kappa shape index (κ1) is 12.8. The first-order valence-corrected chi connectivity index (χ1v) is 6.57. The fourth-order valence-corrected chi connectivity index (χ4v) is 1.75. The van der Waals surface area contributed by atoms with Gasteiger partial charge < -0.3 is 9.47 Å². The maximum atomic E-state index is 13.5. The monoisotopic (exact) mass is 306 g/mol. The van der Waals surface area contributed by atoms with E-state index in [1.165, 1.54) is 25.0 Å². The molecule has 1 aromatic carbocycles. The number of ether oxygens (including phenoxy) is 2. The molecule has 0 unspecified atom stereocenters. The van der Waals surface area contributed by atoms with Crippen LogP contribution in [0.1, 0.15) is 18.4 Å². The lowest BCUT2D eigenvalue weighted by Gasteiger charge is -2.09. The van der Waals surface area contributed by atoms with Crippen molar-refractivity contribution in [1.82, 2.24) is 0 Å². The third-order valence-electron chi connectivity index (χ3n) is 2.55. The van der Waals surface area contributed by atoms with Gasteiger partial charge in [-0.15, -0.1) is 0 Å². The van der Waals surface area contributed by atoms with E-state index >= 15 is 0 Å². The highest BCUT2D eigenvalue weighted by molar-refractivity contribution is 9.08. The van der Waals surface area contributed by atoms with Crippen molar-refractivity contribution >= 4 is 15.9 Å². The van der Waals surface area contributed by atoms with Gasteiger partial charge in [0.15, 0.2) is 24.2 Å². The number of hydrogen-bond acceptors (Lipinski definition) is 2. The molecule has 0 aliphatic heterocycles. The molecule has 0 N–H and O–H groups in total. The lowest BCUT2D eigenvalue weighted by molar-refractivity contribution is 0.00571. The highest BCUT2D eigenvalue weighted by atomic mass is 79.9. The van der Waals surface area contributed by atoms with Crippen molar-refractivity contribution in [1.29, 1.82) is 0 Å². The molecule has 1 fully saturated rings. The van der Waals surface area contributed by atoms with Crippen LogP contribution in [0, 0.1) is 17.6 Å².